The molecule has 0 unspecified atom stereocenters. The predicted octanol–water partition coefficient (Wildman–Crippen LogP) is 2.08. The molecule has 7 nitrogen and oxygen atoms in total. The Bertz CT molecular complexity index is 885. The minimum atomic E-state index is -3.63. The first kappa shape index (κ1) is 20.8. The molecule has 1 amide bonds. The molecule has 0 radical (unpaired) electrons. The van der Waals surface area contributed by atoms with Crippen molar-refractivity contribution >= 4 is 21.6 Å². The van der Waals surface area contributed by atoms with Gasteiger partial charge in [0.05, 0.1) is 11.5 Å². The number of hydrogen-bond acceptors (Lipinski definition) is 5. The van der Waals surface area contributed by atoms with E-state index in [0.717, 1.165) is 5.56 Å². The van der Waals surface area contributed by atoms with E-state index in [-0.39, 0.29) is 24.7 Å². The third-order valence-electron chi connectivity index (χ3n) is 3.58. The van der Waals surface area contributed by atoms with Crippen LogP contribution in [0, 0.1) is 12.7 Å². The van der Waals surface area contributed by atoms with Gasteiger partial charge in [0.1, 0.15) is 11.6 Å². The Labute approximate surface area is 157 Å². The smallest absolute Gasteiger partial charge is 0.262 e. The Morgan fingerprint density at radius 3 is 2.52 bits per heavy atom. The molecule has 27 heavy (non-hydrogen) atoms. The van der Waals surface area contributed by atoms with Crippen LogP contribution in [0.15, 0.2) is 47.4 Å². The quantitative estimate of drug-likeness (QED) is 0.633. The lowest BCUT2D eigenvalue weighted by atomic mass is 10.2. The van der Waals surface area contributed by atoms with Crippen molar-refractivity contribution in [2.24, 2.45) is 0 Å². The Morgan fingerprint density at radius 1 is 1.15 bits per heavy atom. The summed E-state index contributed by atoms with van der Waals surface area (Å²) in [5.74, 6) is -0.577. The molecule has 0 spiro atoms. The highest BCUT2D eigenvalue weighted by Gasteiger charge is 2.13. The number of methoxy groups -OCH3 is 1. The fourth-order valence-electron chi connectivity index (χ4n) is 2.14. The zero-order valence-electron chi connectivity index (χ0n) is 15.0. The van der Waals surface area contributed by atoms with Gasteiger partial charge in [0.25, 0.3) is 5.91 Å². The summed E-state index contributed by atoms with van der Waals surface area (Å²) >= 11 is 0. The van der Waals surface area contributed by atoms with Crippen LogP contribution >= 0.6 is 0 Å². The third-order valence-corrected chi connectivity index (χ3v) is 5.05. The van der Waals surface area contributed by atoms with E-state index in [1.165, 1.54) is 43.5 Å². The molecular formula is C18H21FN2O5S. The Balaban J connectivity index is 1.91. The van der Waals surface area contributed by atoms with Crippen molar-refractivity contribution in [3.05, 3.63) is 53.8 Å². The van der Waals surface area contributed by atoms with Crippen molar-refractivity contribution in [2.45, 2.75) is 11.8 Å². The van der Waals surface area contributed by atoms with Crippen LogP contribution in [-0.4, -0.2) is 41.2 Å². The van der Waals surface area contributed by atoms with E-state index in [4.69, 9.17) is 9.47 Å². The lowest BCUT2D eigenvalue weighted by molar-refractivity contribution is -0.118. The standard InChI is InChI=1S/C18H21FN2O5S/c1-13-3-4-14(19)11-17(13)21-18(22)12-26-15-5-7-16(8-6-15)27(23,24)20-9-10-25-2/h3-8,11,20H,9-10,12H2,1-2H3,(H,21,22). The van der Waals surface area contributed by atoms with Crippen molar-refractivity contribution in [2.75, 3.05) is 32.2 Å². The summed E-state index contributed by atoms with van der Waals surface area (Å²) in [5.41, 5.74) is 1.09. The summed E-state index contributed by atoms with van der Waals surface area (Å²) in [6.45, 7) is 1.88. The zero-order valence-corrected chi connectivity index (χ0v) is 15.8. The van der Waals surface area contributed by atoms with E-state index in [9.17, 15) is 17.6 Å². The van der Waals surface area contributed by atoms with Gasteiger partial charge in [0.2, 0.25) is 10.0 Å². The minimum Gasteiger partial charge on any atom is -0.484 e. The number of aryl methyl sites for hydroxylation is 1. The van der Waals surface area contributed by atoms with E-state index in [2.05, 4.69) is 10.0 Å². The minimum absolute atomic E-state index is 0.0748. The van der Waals surface area contributed by atoms with Crippen molar-refractivity contribution < 1.29 is 27.1 Å². The third kappa shape index (κ3) is 6.31. The van der Waals surface area contributed by atoms with Crippen LogP contribution < -0.4 is 14.8 Å². The molecular weight excluding hydrogens is 375 g/mol. The average molecular weight is 396 g/mol. The maximum absolute atomic E-state index is 13.2. The highest BCUT2D eigenvalue weighted by Crippen LogP contribution is 2.17. The van der Waals surface area contributed by atoms with E-state index in [1.807, 2.05) is 0 Å². The van der Waals surface area contributed by atoms with Gasteiger partial charge >= 0.3 is 0 Å². The predicted molar refractivity (Wildman–Crippen MR) is 98.8 cm³/mol. The van der Waals surface area contributed by atoms with Gasteiger partial charge in [-0.25, -0.2) is 17.5 Å². The van der Waals surface area contributed by atoms with Crippen LogP contribution in [0.2, 0.25) is 0 Å². The SMILES string of the molecule is COCCNS(=O)(=O)c1ccc(OCC(=O)Nc2cc(F)ccc2C)cc1. The monoisotopic (exact) mass is 396 g/mol. The lowest BCUT2D eigenvalue weighted by Crippen LogP contribution is -2.27. The molecule has 0 saturated carbocycles. The van der Waals surface area contributed by atoms with Crippen LogP contribution in [0.5, 0.6) is 5.75 Å². The first-order valence-corrected chi connectivity index (χ1v) is 9.57. The maximum atomic E-state index is 13.2. The second kappa shape index (κ2) is 9.45. The molecule has 0 heterocycles. The van der Waals surface area contributed by atoms with Crippen LogP contribution in [0.1, 0.15) is 5.56 Å². The fourth-order valence-corrected chi connectivity index (χ4v) is 3.15. The summed E-state index contributed by atoms with van der Waals surface area (Å²) in [4.78, 5) is 12.0. The second-order valence-electron chi connectivity index (χ2n) is 5.66. The molecule has 0 fully saturated rings. The number of sulfonamides is 1. The van der Waals surface area contributed by atoms with Gasteiger partial charge in [-0.3, -0.25) is 4.79 Å². The first-order chi connectivity index (χ1) is 12.8. The molecule has 9 heteroatoms. The number of ether oxygens (including phenoxy) is 2. The van der Waals surface area contributed by atoms with E-state index < -0.39 is 21.7 Å². The highest BCUT2D eigenvalue weighted by molar-refractivity contribution is 7.89. The number of halogens is 1. The molecule has 2 aromatic rings. The van der Waals surface area contributed by atoms with Gasteiger partial charge in [-0.2, -0.15) is 0 Å². The average Bonchev–Trinajstić information content (AvgIpc) is 2.63. The van der Waals surface area contributed by atoms with Crippen LogP contribution in [-0.2, 0) is 19.6 Å². The Kier molecular flexibility index (Phi) is 7.28. The number of carbonyl (C=O) groups is 1. The second-order valence-corrected chi connectivity index (χ2v) is 7.43. The van der Waals surface area contributed by atoms with Crippen molar-refractivity contribution in [3.63, 3.8) is 0 Å². The molecule has 0 aliphatic carbocycles. The summed E-state index contributed by atoms with van der Waals surface area (Å²) in [6, 6.07) is 9.74. The van der Waals surface area contributed by atoms with Gasteiger partial charge in [-0.1, -0.05) is 6.07 Å². The summed E-state index contributed by atoms with van der Waals surface area (Å²) in [7, 11) is -2.15. The van der Waals surface area contributed by atoms with Gasteiger partial charge < -0.3 is 14.8 Å². The van der Waals surface area contributed by atoms with Crippen LogP contribution in [0.3, 0.4) is 0 Å². The van der Waals surface area contributed by atoms with Gasteiger partial charge in [-0.05, 0) is 48.9 Å². The summed E-state index contributed by atoms with van der Waals surface area (Å²) in [6.07, 6.45) is 0. The van der Waals surface area contributed by atoms with Gasteiger partial charge in [0.15, 0.2) is 6.61 Å². The molecule has 0 bridgehead atoms. The number of anilines is 1. The van der Waals surface area contributed by atoms with E-state index in [0.29, 0.717) is 11.4 Å². The van der Waals surface area contributed by atoms with Gasteiger partial charge in [0, 0.05) is 19.3 Å². The maximum Gasteiger partial charge on any atom is 0.262 e. The lowest BCUT2D eigenvalue weighted by Gasteiger charge is -2.10. The van der Waals surface area contributed by atoms with E-state index >= 15 is 0 Å². The van der Waals surface area contributed by atoms with Crippen LogP contribution in [0.25, 0.3) is 0 Å². The first-order valence-electron chi connectivity index (χ1n) is 8.09. The number of nitrogens with one attached hydrogen (secondary N) is 2. The number of amides is 1. The molecule has 0 aliphatic rings. The topological polar surface area (TPSA) is 93.7 Å². The fraction of sp³-hybridized carbons (Fsp3) is 0.278. The molecule has 0 aliphatic heterocycles. The Hall–Kier alpha value is -2.49. The number of rotatable bonds is 9. The number of carbonyl (C=O) groups excluding carboxylic acids is 1. The largest absolute Gasteiger partial charge is 0.484 e. The molecule has 2 aromatic carbocycles. The summed E-state index contributed by atoms with van der Waals surface area (Å²) < 4.78 is 49.9. The molecule has 2 N–H and O–H groups in total. The van der Waals surface area contributed by atoms with Crippen molar-refractivity contribution in [3.8, 4) is 5.75 Å². The Morgan fingerprint density at radius 2 is 1.85 bits per heavy atom. The number of benzene rings is 2. The molecule has 0 atom stereocenters. The molecule has 0 saturated heterocycles. The number of hydrogen-bond donors (Lipinski definition) is 2. The molecule has 2 rings (SSSR count). The molecule has 0 aromatic heterocycles. The van der Waals surface area contributed by atoms with Crippen molar-refractivity contribution in [1.82, 2.24) is 4.72 Å². The normalized spacial score (nSPS) is 11.2. The molecule has 146 valence electrons. The highest BCUT2D eigenvalue weighted by atomic mass is 32.2. The van der Waals surface area contributed by atoms with Crippen LogP contribution in [0.4, 0.5) is 10.1 Å². The van der Waals surface area contributed by atoms with E-state index in [1.54, 1.807) is 13.0 Å². The summed E-state index contributed by atoms with van der Waals surface area (Å²) in [5, 5.41) is 2.56. The van der Waals surface area contributed by atoms with Crippen molar-refractivity contribution in [1.29, 1.82) is 0 Å². The van der Waals surface area contributed by atoms with Gasteiger partial charge in [-0.15, -0.1) is 0 Å². The zero-order chi connectivity index (χ0) is 19.9.